The second-order valence-corrected chi connectivity index (χ2v) is 8.02. The molecule has 6 rings (SSSR count). The highest BCUT2D eigenvalue weighted by molar-refractivity contribution is 6.37. The maximum Gasteiger partial charge on any atom is 0.266 e. The van der Waals surface area contributed by atoms with Gasteiger partial charge in [-0.2, -0.15) is 0 Å². The summed E-state index contributed by atoms with van der Waals surface area (Å²) in [5, 5.41) is 0. The predicted molar refractivity (Wildman–Crippen MR) is 127 cm³/mol. The first-order chi connectivity index (χ1) is 16.6. The van der Waals surface area contributed by atoms with Crippen LogP contribution in [0.15, 0.2) is 97.1 Å². The second kappa shape index (κ2) is 7.35. The van der Waals surface area contributed by atoms with E-state index in [4.69, 9.17) is 0 Å². The topological polar surface area (TPSA) is 74.8 Å². The summed E-state index contributed by atoms with van der Waals surface area (Å²) < 4.78 is 0. The van der Waals surface area contributed by atoms with Gasteiger partial charge in [0.1, 0.15) is 0 Å². The number of rotatable bonds is 3. The van der Waals surface area contributed by atoms with Gasteiger partial charge in [-0.1, -0.05) is 60.7 Å². The molecule has 4 aromatic rings. The zero-order chi connectivity index (χ0) is 23.4. The molecule has 34 heavy (non-hydrogen) atoms. The molecule has 0 unspecified atom stereocenters. The van der Waals surface area contributed by atoms with Crippen molar-refractivity contribution in [2.75, 3.05) is 9.80 Å². The van der Waals surface area contributed by atoms with Gasteiger partial charge in [0.2, 0.25) is 0 Å². The van der Waals surface area contributed by atoms with Crippen LogP contribution in [-0.4, -0.2) is 23.6 Å². The summed E-state index contributed by atoms with van der Waals surface area (Å²) >= 11 is 0. The zero-order valence-corrected chi connectivity index (χ0v) is 17.8. The van der Waals surface area contributed by atoms with E-state index in [-0.39, 0.29) is 0 Å². The quantitative estimate of drug-likeness (QED) is 0.419. The SMILES string of the molecule is O=C1c2ccccc2C(=O)N1c1ccccc1-c1ccccc1N1C(=O)c2ccccc2C1=O. The first-order valence-electron chi connectivity index (χ1n) is 10.7. The van der Waals surface area contributed by atoms with Crippen LogP contribution in [0.2, 0.25) is 0 Å². The summed E-state index contributed by atoms with van der Waals surface area (Å²) in [7, 11) is 0. The molecule has 0 fully saturated rings. The molecule has 0 atom stereocenters. The molecule has 0 radical (unpaired) electrons. The number of hydrogen-bond acceptors (Lipinski definition) is 4. The van der Waals surface area contributed by atoms with Crippen LogP contribution in [0.5, 0.6) is 0 Å². The lowest BCUT2D eigenvalue weighted by Gasteiger charge is -2.22. The predicted octanol–water partition coefficient (Wildman–Crippen LogP) is 4.95. The van der Waals surface area contributed by atoms with Crippen molar-refractivity contribution < 1.29 is 19.2 Å². The van der Waals surface area contributed by atoms with Crippen molar-refractivity contribution in [3.8, 4) is 11.1 Å². The fourth-order valence-corrected chi connectivity index (χ4v) is 4.61. The third kappa shape index (κ3) is 2.69. The Kier molecular flexibility index (Phi) is 4.28. The Morgan fingerprint density at radius 3 is 0.853 bits per heavy atom. The Labute approximate surface area is 194 Å². The lowest BCUT2D eigenvalue weighted by Crippen LogP contribution is -2.31. The first-order valence-corrected chi connectivity index (χ1v) is 10.7. The van der Waals surface area contributed by atoms with Crippen LogP contribution >= 0.6 is 0 Å². The van der Waals surface area contributed by atoms with Crippen LogP contribution in [-0.2, 0) is 0 Å². The van der Waals surface area contributed by atoms with Gasteiger partial charge in [0, 0.05) is 11.1 Å². The molecule has 2 heterocycles. The Morgan fingerprint density at radius 1 is 0.324 bits per heavy atom. The number of anilines is 2. The van der Waals surface area contributed by atoms with Crippen LogP contribution in [0.25, 0.3) is 11.1 Å². The zero-order valence-electron chi connectivity index (χ0n) is 17.8. The van der Waals surface area contributed by atoms with Gasteiger partial charge in [0.05, 0.1) is 33.6 Å². The van der Waals surface area contributed by atoms with E-state index in [1.54, 1.807) is 97.1 Å². The molecule has 0 bridgehead atoms. The molecule has 0 N–H and O–H groups in total. The fraction of sp³-hybridized carbons (Fsp3) is 0. The highest BCUT2D eigenvalue weighted by atomic mass is 16.2. The Bertz CT molecular complexity index is 1370. The van der Waals surface area contributed by atoms with E-state index in [1.807, 2.05) is 0 Å². The molecule has 0 aromatic heterocycles. The van der Waals surface area contributed by atoms with Crippen molar-refractivity contribution in [3.05, 3.63) is 119 Å². The standard InChI is InChI=1S/C28H16N2O4/c31-25-19-11-1-2-12-20(19)26(32)29(25)23-15-7-5-9-17(23)18-10-6-8-16-24(18)30-27(33)21-13-3-4-14-22(21)28(30)34/h1-16H. The Hall–Kier alpha value is -4.84. The fourth-order valence-electron chi connectivity index (χ4n) is 4.61. The number of hydrogen-bond donors (Lipinski definition) is 0. The van der Waals surface area contributed by atoms with Gasteiger partial charge in [0.25, 0.3) is 23.6 Å². The van der Waals surface area contributed by atoms with Crippen molar-refractivity contribution in [2.24, 2.45) is 0 Å². The average molecular weight is 444 g/mol. The lowest BCUT2D eigenvalue weighted by atomic mass is 10.00. The minimum Gasteiger partial charge on any atom is -0.268 e. The Balaban J connectivity index is 1.50. The molecule has 2 aliphatic heterocycles. The van der Waals surface area contributed by atoms with E-state index in [9.17, 15) is 19.2 Å². The van der Waals surface area contributed by atoms with Gasteiger partial charge in [-0.25, -0.2) is 9.80 Å². The largest absolute Gasteiger partial charge is 0.268 e. The van der Waals surface area contributed by atoms with Crippen molar-refractivity contribution in [1.82, 2.24) is 0 Å². The van der Waals surface area contributed by atoms with Gasteiger partial charge in [0.15, 0.2) is 0 Å². The van der Waals surface area contributed by atoms with Gasteiger partial charge in [-0.3, -0.25) is 19.2 Å². The van der Waals surface area contributed by atoms with Crippen LogP contribution in [0.3, 0.4) is 0 Å². The minimum absolute atomic E-state index is 0.343. The molecule has 2 aliphatic rings. The first kappa shape index (κ1) is 19.8. The van der Waals surface area contributed by atoms with Crippen LogP contribution in [0, 0.1) is 0 Å². The van der Waals surface area contributed by atoms with E-state index in [2.05, 4.69) is 0 Å². The smallest absolute Gasteiger partial charge is 0.266 e. The summed E-state index contributed by atoms with van der Waals surface area (Å²) in [5.74, 6) is -1.64. The molecule has 0 saturated heterocycles. The molecule has 0 aliphatic carbocycles. The number of amides is 4. The number of nitrogens with zero attached hydrogens (tertiary/aromatic N) is 2. The third-order valence-corrected chi connectivity index (χ3v) is 6.17. The average Bonchev–Trinajstić information content (AvgIpc) is 3.29. The molecule has 6 heteroatoms. The summed E-state index contributed by atoms with van der Waals surface area (Å²) in [5.41, 5.74) is 3.27. The molecular formula is C28H16N2O4. The summed E-state index contributed by atoms with van der Waals surface area (Å²) in [6, 6.07) is 27.4. The number of carbonyl (C=O) groups excluding carboxylic acids is 4. The van der Waals surface area contributed by atoms with Crippen molar-refractivity contribution in [2.45, 2.75) is 0 Å². The maximum absolute atomic E-state index is 13.2. The van der Waals surface area contributed by atoms with E-state index < -0.39 is 23.6 Å². The normalized spacial score (nSPS) is 14.6. The minimum atomic E-state index is -0.411. The summed E-state index contributed by atoms with van der Waals surface area (Å²) in [6.45, 7) is 0. The molecule has 4 aromatic carbocycles. The monoisotopic (exact) mass is 444 g/mol. The summed E-state index contributed by atoms with van der Waals surface area (Å²) in [6.07, 6.45) is 0. The van der Waals surface area contributed by atoms with Crippen molar-refractivity contribution >= 4 is 35.0 Å². The van der Waals surface area contributed by atoms with Gasteiger partial charge in [-0.05, 0) is 36.4 Å². The highest BCUT2D eigenvalue weighted by Crippen LogP contribution is 2.41. The number of imide groups is 2. The molecule has 162 valence electrons. The van der Waals surface area contributed by atoms with Gasteiger partial charge >= 0.3 is 0 Å². The molecule has 4 amide bonds. The number of carbonyl (C=O) groups is 4. The van der Waals surface area contributed by atoms with E-state index in [1.165, 1.54) is 0 Å². The molecular weight excluding hydrogens is 428 g/mol. The number of fused-ring (bicyclic) bond motifs is 2. The Morgan fingerprint density at radius 2 is 0.559 bits per heavy atom. The molecule has 6 nitrogen and oxygen atoms in total. The van der Waals surface area contributed by atoms with E-state index >= 15 is 0 Å². The highest BCUT2D eigenvalue weighted by Gasteiger charge is 2.40. The number of benzene rings is 4. The van der Waals surface area contributed by atoms with Crippen LogP contribution < -0.4 is 9.80 Å². The maximum atomic E-state index is 13.2. The third-order valence-electron chi connectivity index (χ3n) is 6.17. The van der Waals surface area contributed by atoms with E-state index in [0.717, 1.165) is 9.80 Å². The van der Waals surface area contributed by atoms with Crippen molar-refractivity contribution in [1.29, 1.82) is 0 Å². The van der Waals surface area contributed by atoms with Crippen molar-refractivity contribution in [3.63, 3.8) is 0 Å². The van der Waals surface area contributed by atoms with Crippen LogP contribution in [0.1, 0.15) is 41.4 Å². The van der Waals surface area contributed by atoms with E-state index in [0.29, 0.717) is 44.8 Å². The molecule has 0 spiro atoms. The summed E-state index contributed by atoms with van der Waals surface area (Å²) in [4.78, 5) is 55.0. The van der Waals surface area contributed by atoms with Gasteiger partial charge < -0.3 is 0 Å². The van der Waals surface area contributed by atoms with Crippen LogP contribution in [0.4, 0.5) is 11.4 Å². The van der Waals surface area contributed by atoms with Gasteiger partial charge in [-0.15, -0.1) is 0 Å². The number of para-hydroxylation sites is 2. The lowest BCUT2D eigenvalue weighted by molar-refractivity contribution is 0.0910. The second-order valence-electron chi connectivity index (χ2n) is 8.02. The molecule has 0 saturated carbocycles.